The molecule has 0 bridgehead atoms. The second-order valence-corrected chi connectivity index (χ2v) is 3.76. The highest BCUT2D eigenvalue weighted by atomic mass is 19.4. The zero-order valence-corrected chi connectivity index (χ0v) is 9.70. The van der Waals surface area contributed by atoms with Crippen LogP contribution in [0.5, 0.6) is 0 Å². The average Bonchev–Trinajstić information content (AvgIpc) is 2.18. The molecule has 0 fully saturated rings. The first kappa shape index (κ1) is 17.1. The molecule has 0 aromatic rings. The van der Waals surface area contributed by atoms with Gasteiger partial charge in [0.05, 0.1) is 0 Å². The topological polar surface area (TPSA) is 26.3 Å². The van der Waals surface area contributed by atoms with E-state index >= 15 is 0 Å². The summed E-state index contributed by atoms with van der Waals surface area (Å²) in [5, 5.41) is 0. The van der Waals surface area contributed by atoms with E-state index in [0.29, 0.717) is 6.42 Å². The Morgan fingerprint density at radius 1 is 1.00 bits per heavy atom. The second-order valence-electron chi connectivity index (χ2n) is 3.76. The van der Waals surface area contributed by atoms with E-state index in [1.54, 1.807) is 0 Å². The zero-order chi connectivity index (χ0) is 14.4. The molecule has 0 saturated carbocycles. The molecule has 0 rings (SSSR count). The van der Waals surface area contributed by atoms with Gasteiger partial charge in [0.15, 0.2) is 0 Å². The highest BCUT2D eigenvalue weighted by Gasteiger charge is 2.59. The fraction of sp³-hybridized carbons (Fsp3) is 0.900. The van der Waals surface area contributed by atoms with Crippen LogP contribution in [0.15, 0.2) is 0 Å². The summed E-state index contributed by atoms with van der Waals surface area (Å²) in [4.78, 5) is 10.9. The van der Waals surface area contributed by atoms with Gasteiger partial charge in [0.25, 0.3) is 6.10 Å². The predicted molar refractivity (Wildman–Crippen MR) is 50.7 cm³/mol. The zero-order valence-electron chi connectivity index (χ0n) is 9.70. The molecule has 0 spiro atoms. The monoisotopic (exact) mass is 280 g/mol. The Morgan fingerprint density at radius 2 is 1.50 bits per heavy atom. The number of halogens is 6. The summed E-state index contributed by atoms with van der Waals surface area (Å²) in [6, 6.07) is 0. The van der Waals surface area contributed by atoms with Gasteiger partial charge < -0.3 is 4.74 Å². The van der Waals surface area contributed by atoms with Crippen LogP contribution in [-0.4, -0.2) is 24.4 Å². The van der Waals surface area contributed by atoms with Crippen molar-refractivity contribution in [2.24, 2.45) is 0 Å². The molecule has 0 amide bonds. The van der Waals surface area contributed by atoms with Crippen molar-refractivity contribution in [2.75, 3.05) is 0 Å². The van der Waals surface area contributed by atoms with Crippen LogP contribution < -0.4 is 0 Å². The van der Waals surface area contributed by atoms with Crippen molar-refractivity contribution in [3.05, 3.63) is 0 Å². The number of carbonyl (C=O) groups is 1. The largest absolute Gasteiger partial charge is 0.443 e. The van der Waals surface area contributed by atoms with Crippen LogP contribution in [0.4, 0.5) is 26.3 Å². The maximum absolute atomic E-state index is 12.0. The summed E-state index contributed by atoms with van der Waals surface area (Å²) in [7, 11) is 0. The van der Waals surface area contributed by atoms with Gasteiger partial charge in [-0.1, -0.05) is 26.2 Å². The van der Waals surface area contributed by atoms with Crippen LogP contribution in [0.1, 0.15) is 39.0 Å². The number of carbonyl (C=O) groups excluding carboxylic acids is 1. The van der Waals surface area contributed by atoms with Gasteiger partial charge in [0.2, 0.25) is 0 Å². The number of ether oxygens (including phenoxy) is 1. The first-order chi connectivity index (χ1) is 8.09. The molecule has 0 aromatic heterocycles. The Hall–Kier alpha value is -0.950. The van der Waals surface area contributed by atoms with E-state index in [0.717, 1.165) is 12.8 Å². The van der Waals surface area contributed by atoms with E-state index in [9.17, 15) is 31.1 Å². The fourth-order valence-corrected chi connectivity index (χ4v) is 1.21. The minimum absolute atomic E-state index is 0.217. The smallest absolute Gasteiger partial charge is 0.434 e. The molecule has 0 atom stereocenters. The quantitative estimate of drug-likeness (QED) is 0.417. The van der Waals surface area contributed by atoms with Crippen LogP contribution in [0.25, 0.3) is 0 Å². The molecule has 0 aromatic carbocycles. The van der Waals surface area contributed by atoms with E-state index in [4.69, 9.17) is 0 Å². The normalized spacial score (nSPS) is 12.9. The van der Waals surface area contributed by atoms with Crippen molar-refractivity contribution in [3.8, 4) is 0 Å². The Morgan fingerprint density at radius 3 is 1.89 bits per heavy atom. The van der Waals surface area contributed by atoms with Crippen LogP contribution in [0, 0.1) is 0 Å². The van der Waals surface area contributed by atoms with Crippen molar-refractivity contribution in [3.63, 3.8) is 0 Å². The second kappa shape index (κ2) is 6.84. The van der Waals surface area contributed by atoms with Gasteiger partial charge in [0, 0.05) is 6.42 Å². The summed E-state index contributed by atoms with van der Waals surface area (Å²) in [5.41, 5.74) is 0. The molecule has 0 aliphatic heterocycles. The third-order valence-electron chi connectivity index (χ3n) is 2.08. The Bertz CT molecular complexity index is 244. The van der Waals surface area contributed by atoms with Gasteiger partial charge in [-0.05, 0) is 6.42 Å². The van der Waals surface area contributed by atoms with Crippen LogP contribution >= 0.6 is 0 Å². The fourth-order valence-electron chi connectivity index (χ4n) is 1.21. The third kappa shape index (κ3) is 6.70. The number of esters is 1. The molecule has 0 saturated heterocycles. The van der Waals surface area contributed by atoms with Gasteiger partial charge in [-0.15, -0.1) is 0 Å². The molecule has 0 heterocycles. The molecule has 108 valence electrons. The van der Waals surface area contributed by atoms with Crippen molar-refractivity contribution in [2.45, 2.75) is 57.5 Å². The van der Waals surface area contributed by atoms with Gasteiger partial charge in [-0.2, -0.15) is 26.3 Å². The Balaban J connectivity index is 4.30. The van der Waals surface area contributed by atoms with Crippen molar-refractivity contribution in [1.82, 2.24) is 0 Å². The molecular weight excluding hydrogens is 266 g/mol. The molecule has 8 heteroatoms. The molecule has 0 radical (unpaired) electrons. The molecular formula is C10H14F6O2. The minimum atomic E-state index is -5.64. The highest BCUT2D eigenvalue weighted by molar-refractivity contribution is 5.69. The lowest BCUT2D eigenvalue weighted by Gasteiger charge is -2.22. The van der Waals surface area contributed by atoms with Gasteiger partial charge in [-0.3, -0.25) is 4.79 Å². The van der Waals surface area contributed by atoms with Crippen molar-refractivity contribution in [1.29, 1.82) is 0 Å². The van der Waals surface area contributed by atoms with Crippen LogP contribution in [0.3, 0.4) is 0 Å². The number of unbranched alkanes of at least 4 members (excludes halogenated alkanes) is 3. The van der Waals surface area contributed by atoms with E-state index in [1.807, 2.05) is 6.92 Å². The van der Waals surface area contributed by atoms with Crippen molar-refractivity contribution < 1.29 is 35.9 Å². The number of rotatable bonds is 6. The first-order valence-electron chi connectivity index (χ1n) is 5.42. The van der Waals surface area contributed by atoms with Crippen LogP contribution in [0.2, 0.25) is 0 Å². The highest BCUT2D eigenvalue weighted by Crippen LogP contribution is 2.35. The van der Waals surface area contributed by atoms with Gasteiger partial charge in [0.1, 0.15) is 0 Å². The summed E-state index contributed by atoms with van der Waals surface area (Å²) in [5.74, 6) is -1.48. The van der Waals surface area contributed by atoms with Crippen LogP contribution in [-0.2, 0) is 9.53 Å². The summed E-state index contributed by atoms with van der Waals surface area (Å²) in [6.07, 6.45) is -13.4. The summed E-state index contributed by atoms with van der Waals surface area (Å²) >= 11 is 0. The maximum Gasteiger partial charge on any atom is 0.434 e. The van der Waals surface area contributed by atoms with E-state index < -0.39 is 30.8 Å². The molecule has 0 aliphatic rings. The molecule has 0 unspecified atom stereocenters. The average molecular weight is 280 g/mol. The molecule has 0 N–H and O–H groups in total. The Kier molecular flexibility index (Phi) is 6.48. The van der Waals surface area contributed by atoms with Gasteiger partial charge >= 0.3 is 18.3 Å². The van der Waals surface area contributed by atoms with Gasteiger partial charge in [-0.25, -0.2) is 0 Å². The van der Waals surface area contributed by atoms with Crippen molar-refractivity contribution >= 4 is 5.97 Å². The number of hydrogen-bond acceptors (Lipinski definition) is 2. The standard InChI is InChI=1S/C10H14F6O2/c1-2-3-4-5-6-7(17)18-8(9(11,12)13)10(14,15)16/h8H,2-6H2,1H3. The summed E-state index contributed by atoms with van der Waals surface area (Å²) in [6.45, 7) is 1.88. The lowest BCUT2D eigenvalue weighted by atomic mass is 10.1. The predicted octanol–water partition coefficient (Wildman–Crippen LogP) is 3.99. The summed E-state index contributed by atoms with van der Waals surface area (Å²) < 4.78 is 75.6. The SMILES string of the molecule is CCCCCCC(=O)OC(C(F)(F)F)C(F)(F)F. The van der Waals surface area contributed by atoms with E-state index in [2.05, 4.69) is 4.74 Å². The lowest BCUT2D eigenvalue weighted by Crippen LogP contribution is -2.45. The number of hydrogen-bond donors (Lipinski definition) is 0. The molecule has 18 heavy (non-hydrogen) atoms. The van der Waals surface area contributed by atoms with E-state index in [1.165, 1.54) is 0 Å². The molecule has 2 nitrogen and oxygen atoms in total. The first-order valence-corrected chi connectivity index (χ1v) is 5.42. The Labute approximate surface area is 100 Å². The lowest BCUT2D eigenvalue weighted by molar-refractivity contribution is -0.313. The maximum atomic E-state index is 12.0. The third-order valence-corrected chi connectivity index (χ3v) is 2.08. The minimum Gasteiger partial charge on any atom is -0.443 e. The van der Waals surface area contributed by atoms with E-state index in [-0.39, 0.29) is 6.42 Å². The number of alkyl halides is 6. The molecule has 0 aliphatic carbocycles.